The zero-order valence-electron chi connectivity index (χ0n) is 13.6. The van der Waals surface area contributed by atoms with Gasteiger partial charge < -0.3 is 29.9 Å². The maximum absolute atomic E-state index is 10.9. The van der Waals surface area contributed by atoms with Crippen LogP contribution in [0.15, 0.2) is 18.9 Å². The van der Waals surface area contributed by atoms with E-state index in [1.165, 1.54) is 0 Å². The van der Waals surface area contributed by atoms with Crippen molar-refractivity contribution in [3.63, 3.8) is 0 Å². The van der Waals surface area contributed by atoms with Crippen LogP contribution in [-0.4, -0.2) is 85.1 Å². The molecular formula is C15H23N3O7. The third kappa shape index (κ3) is 5.06. The Morgan fingerprint density at radius 2 is 2.04 bits per heavy atom. The molecule has 2 rings (SSSR count). The Bertz CT molecular complexity index is 577. The van der Waals surface area contributed by atoms with Gasteiger partial charge in [-0.05, 0) is 0 Å². The van der Waals surface area contributed by atoms with Crippen molar-refractivity contribution in [1.82, 2.24) is 15.0 Å². The lowest BCUT2D eigenvalue weighted by molar-refractivity contribution is -0.228. The number of rotatable bonds is 8. The number of ether oxygens (including phenoxy) is 2. The quantitative estimate of drug-likeness (QED) is 0.231. The number of aliphatic hydroxyl groups excluding tert-OH is 4. The third-order valence-corrected chi connectivity index (χ3v) is 3.93. The Morgan fingerprint density at radius 1 is 1.32 bits per heavy atom. The molecule has 1 aliphatic heterocycles. The molecule has 4 N–H and O–H groups in total. The van der Waals surface area contributed by atoms with E-state index >= 15 is 0 Å². The molecule has 5 atom stereocenters. The SMILES string of the molecule is C=CC(=O)OCCCn1cc(C[C@@H]2O[C@H](CO)[C@@H](O)[C@H](O)[C@H]2O)nn1. The monoisotopic (exact) mass is 357 g/mol. The molecule has 0 aromatic carbocycles. The van der Waals surface area contributed by atoms with E-state index in [1.807, 2.05) is 0 Å². The number of carbonyl (C=O) groups excluding carboxylic acids is 1. The van der Waals surface area contributed by atoms with Gasteiger partial charge in [0.1, 0.15) is 24.4 Å². The number of hydrogen-bond donors (Lipinski definition) is 4. The fourth-order valence-corrected chi connectivity index (χ4v) is 2.55. The molecule has 0 unspecified atom stereocenters. The van der Waals surface area contributed by atoms with E-state index in [-0.39, 0.29) is 13.0 Å². The largest absolute Gasteiger partial charge is 0.462 e. The van der Waals surface area contributed by atoms with Crippen LogP contribution < -0.4 is 0 Å². The predicted octanol–water partition coefficient (Wildman–Crippen LogP) is -2.22. The van der Waals surface area contributed by atoms with Gasteiger partial charge in [-0.2, -0.15) is 0 Å². The van der Waals surface area contributed by atoms with E-state index in [0.717, 1.165) is 6.08 Å². The Balaban J connectivity index is 1.85. The zero-order chi connectivity index (χ0) is 18.4. The molecule has 10 heteroatoms. The molecule has 1 aromatic heterocycles. The van der Waals surface area contributed by atoms with Crippen molar-refractivity contribution in [2.45, 2.75) is 49.9 Å². The molecule has 1 aliphatic rings. The zero-order valence-corrected chi connectivity index (χ0v) is 13.6. The number of nitrogens with zero attached hydrogens (tertiary/aromatic N) is 3. The molecule has 0 radical (unpaired) electrons. The van der Waals surface area contributed by atoms with Crippen LogP contribution in [0, 0.1) is 0 Å². The van der Waals surface area contributed by atoms with Crippen molar-refractivity contribution in [2.75, 3.05) is 13.2 Å². The second-order valence-corrected chi connectivity index (χ2v) is 5.77. The van der Waals surface area contributed by atoms with Crippen molar-refractivity contribution < 1.29 is 34.7 Å². The molecule has 140 valence electrons. The summed E-state index contributed by atoms with van der Waals surface area (Å²) in [6.45, 7) is 3.53. The highest BCUT2D eigenvalue weighted by atomic mass is 16.5. The minimum atomic E-state index is -1.41. The maximum Gasteiger partial charge on any atom is 0.330 e. The average molecular weight is 357 g/mol. The fourth-order valence-electron chi connectivity index (χ4n) is 2.55. The van der Waals surface area contributed by atoms with E-state index in [2.05, 4.69) is 16.9 Å². The number of hydrogen-bond acceptors (Lipinski definition) is 9. The maximum atomic E-state index is 10.9. The van der Waals surface area contributed by atoms with Gasteiger partial charge in [-0.3, -0.25) is 4.68 Å². The molecule has 10 nitrogen and oxygen atoms in total. The topological polar surface area (TPSA) is 147 Å². The van der Waals surface area contributed by atoms with E-state index in [9.17, 15) is 25.2 Å². The van der Waals surface area contributed by atoms with Gasteiger partial charge in [0.2, 0.25) is 0 Å². The predicted molar refractivity (Wildman–Crippen MR) is 83.3 cm³/mol. The van der Waals surface area contributed by atoms with Crippen molar-refractivity contribution in [1.29, 1.82) is 0 Å². The van der Waals surface area contributed by atoms with Gasteiger partial charge in [-0.15, -0.1) is 5.10 Å². The summed E-state index contributed by atoms with van der Waals surface area (Å²) >= 11 is 0. The summed E-state index contributed by atoms with van der Waals surface area (Å²) in [4.78, 5) is 10.9. The second kappa shape index (κ2) is 9.02. The smallest absolute Gasteiger partial charge is 0.330 e. The van der Waals surface area contributed by atoms with E-state index < -0.39 is 43.1 Å². The summed E-state index contributed by atoms with van der Waals surface area (Å²) in [5.41, 5.74) is 0.521. The summed E-state index contributed by atoms with van der Waals surface area (Å²) in [5.74, 6) is -0.484. The number of aromatic nitrogens is 3. The van der Waals surface area contributed by atoms with Crippen molar-refractivity contribution >= 4 is 5.97 Å². The molecule has 2 heterocycles. The number of aryl methyl sites for hydroxylation is 1. The van der Waals surface area contributed by atoms with Crippen LogP contribution in [0.1, 0.15) is 12.1 Å². The minimum Gasteiger partial charge on any atom is -0.462 e. The lowest BCUT2D eigenvalue weighted by atomic mass is 9.93. The number of carbonyl (C=O) groups is 1. The summed E-state index contributed by atoms with van der Waals surface area (Å²) in [6.07, 6.45) is -2.43. The van der Waals surface area contributed by atoms with Gasteiger partial charge in [0.05, 0.1) is 25.0 Å². The van der Waals surface area contributed by atoms with E-state index in [4.69, 9.17) is 9.47 Å². The van der Waals surface area contributed by atoms with Crippen LogP contribution in [0.25, 0.3) is 0 Å². The second-order valence-electron chi connectivity index (χ2n) is 5.77. The number of esters is 1. The first-order valence-electron chi connectivity index (χ1n) is 7.95. The first-order chi connectivity index (χ1) is 12.0. The van der Waals surface area contributed by atoms with Gasteiger partial charge in [-0.25, -0.2) is 4.79 Å². The van der Waals surface area contributed by atoms with Crippen molar-refractivity contribution in [2.24, 2.45) is 0 Å². The van der Waals surface area contributed by atoms with Gasteiger partial charge in [-0.1, -0.05) is 11.8 Å². The molecule has 0 spiro atoms. The lowest BCUT2D eigenvalue weighted by Gasteiger charge is -2.39. The normalized spacial score (nSPS) is 29.4. The summed E-state index contributed by atoms with van der Waals surface area (Å²) in [5, 5.41) is 46.6. The van der Waals surface area contributed by atoms with E-state index in [1.54, 1.807) is 10.9 Å². The number of aliphatic hydroxyl groups is 4. The van der Waals surface area contributed by atoms with E-state index in [0.29, 0.717) is 18.7 Å². The average Bonchev–Trinajstić information content (AvgIpc) is 3.06. The summed E-state index contributed by atoms with van der Waals surface area (Å²) in [6, 6.07) is 0. The Hall–Kier alpha value is -1.85. The Labute approximate surface area is 144 Å². The highest BCUT2D eigenvalue weighted by Crippen LogP contribution is 2.23. The van der Waals surface area contributed by atoms with Gasteiger partial charge in [0.15, 0.2) is 0 Å². The molecule has 25 heavy (non-hydrogen) atoms. The van der Waals surface area contributed by atoms with Crippen LogP contribution >= 0.6 is 0 Å². The van der Waals surface area contributed by atoms with Crippen LogP contribution in [0.4, 0.5) is 0 Å². The standard InChI is InChI=1S/C15H23N3O7/c1-2-12(20)24-5-3-4-18-7-9(16-17-18)6-10-13(21)15(23)14(22)11(8-19)25-10/h2,7,10-11,13-15,19,21-23H,1,3-6,8H2/t10-,11+,13-,14+,15+/m0/s1. The van der Waals surface area contributed by atoms with Gasteiger partial charge in [0.25, 0.3) is 0 Å². The lowest BCUT2D eigenvalue weighted by Crippen LogP contribution is -2.59. The molecule has 0 aliphatic carbocycles. The van der Waals surface area contributed by atoms with Gasteiger partial charge >= 0.3 is 5.97 Å². The first kappa shape index (κ1) is 19.5. The molecule has 0 amide bonds. The Kier molecular flexibility index (Phi) is 7.02. The minimum absolute atomic E-state index is 0.160. The molecule has 1 aromatic rings. The van der Waals surface area contributed by atoms with Crippen LogP contribution in [0.3, 0.4) is 0 Å². The Morgan fingerprint density at radius 3 is 2.72 bits per heavy atom. The van der Waals surface area contributed by atoms with Crippen LogP contribution in [0.5, 0.6) is 0 Å². The molecule has 0 saturated carbocycles. The van der Waals surface area contributed by atoms with Crippen LogP contribution in [-0.2, 0) is 27.2 Å². The van der Waals surface area contributed by atoms with Gasteiger partial charge in [0, 0.05) is 31.7 Å². The van der Waals surface area contributed by atoms with Crippen molar-refractivity contribution in [3.05, 3.63) is 24.5 Å². The third-order valence-electron chi connectivity index (χ3n) is 3.93. The molecule has 0 bridgehead atoms. The fraction of sp³-hybridized carbons (Fsp3) is 0.667. The summed E-state index contributed by atoms with van der Waals surface area (Å²) < 4.78 is 11.8. The molecule has 1 fully saturated rings. The van der Waals surface area contributed by atoms with Crippen molar-refractivity contribution in [3.8, 4) is 0 Å². The summed E-state index contributed by atoms with van der Waals surface area (Å²) in [7, 11) is 0. The molecule has 1 saturated heterocycles. The van der Waals surface area contributed by atoms with Crippen LogP contribution in [0.2, 0.25) is 0 Å². The highest BCUT2D eigenvalue weighted by molar-refractivity contribution is 5.81. The highest BCUT2D eigenvalue weighted by Gasteiger charge is 2.43. The molecular weight excluding hydrogens is 334 g/mol. The first-order valence-corrected chi connectivity index (χ1v) is 7.95.